The van der Waals surface area contributed by atoms with Crippen LogP contribution in [0.1, 0.15) is 31.7 Å². The summed E-state index contributed by atoms with van der Waals surface area (Å²) in [5, 5.41) is 4.63. The Labute approximate surface area is 122 Å². The summed E-state index contributed by atoms with van der Waals surface area (Å²) in [6.45, 7) is 8.25. The molecule has 1 N–H and O–H groups in total. The quantitative estimate of drug-likeness (QED) is 0.563. The fourth-order valence-corrected chi connectivity index (χ4v) is 2.64. The molecule has 0 aliphatic heterocycles. The van der Waals surface area contributed by atoms with Crippen molar-refractivity contribution in [1.82, 2.24) is 9.88 Å². The largest absolute Gasteiger partial charge is 0.347 e. The summed E-state index contributed by atoms with van der Waals surface area (Å²) in [4.78, 5) is 0. The number of para-hydroxylation sites is 1. The standard InChI is InChI=1S/C18H26N2/c1-15(2)11-13-20-14-16(8-6-7-12-19-3)17-9-4-5-10-18(17)20/h4-5,9-10,14,19H,1,6-8,11-13H2,2-3H3. The van der Waals surface area contributed by atoms with Gasteiger partial charge in [0.05, 0.1) is 0 Å². The summed E-state index contributed by atoms with van der Waals surface area (Å²) in [6.07, 6.45) is 7.05. The molecule has 0 aliphatic rings. The third kappa shape index (κ3) is 3.73. The Morgan fingerprint density at radius 3 is 2.80 bits per heavy atom. The average Bonchev–Trinajstić information content (AvgIpc) is 2.80. The molecule has 0 aliphatic carbocycles. The van der Waals surface area contributed by atoms with Gasteiger partial charge in [0.2, 0.25) is 0 Å². The Bertz CT molecular complexity index is 566. The van der Waals surface area contributed by atoms with Crippen LogP contribution in [-0.4, -0.2) is 18.2 Å². The van der Waals surface area contributed by atoms with E-state index in [4.69, 9.17) is 0 Å². The summed E-state index contributed by atoms with van der Waals surface area (Å²) in [5.74, 6) is 0. The number of nitrogens with zero attached hydrogens (tertiary/aromatic N) is 1. The lowest BCUT2D eigenvalue weighted by atomic mass is 10.1. The second kappa shape index (κ2) is 7.30. The molecule has 0 saturated heterocycles. The zero-order chi connectivity index (χ0) is 14.4. The number of hydrogen-bond donors (Lipinski definition) is 1. The van der Waals surface area contributed by atoms with Crippen LogP contribution >= 0.6 is 0 Å². The Kier molecular flexibility index (Phi) is 5.42. The van der Waals surface area contributed by atoms with Gasteiger partial charge in [0.25, 0.3) is 0 Å². The summed E-state index contributed by atoms with van der Waals surface area (Å²) in [6, 6.07) is 8.75. The van der Waals surface area contributed by atoms with E-state index in [1.54, 1.807) is 0 Å². The maximum absolute atomic E-state index is 4.01. The highest BCUT2D eigenvalue weighted by molar-refractivity contribution is 5.84. The van der Waals surface area contributed by atoms with Gasteiger partial charge < -0.3 is 9.88 Å². The lowest BCUT2D eigenvalue weighted by Crippen LogP contribution is -2.07. The predicted octanol–water partition coefficient (Wildman–Crippen LogP) is 4.15. The number of unbranched alkanes of at least 4 members (excludes halogenated alkanes) is 1. The summed E-state index contributed by atoms with van der Waals surface area (Å²) >= 11 is 0. The van der Waals surface area contributed by atoms with E-state index in [2.05, 4.69) is 53.8 Å². The van der Waals surface area contributed by atoms with Crippen LogP contribution in [0.5, 0.6) is 0 Å². The number of aryl methyl sites for hydroxylation is 2. The SMILES string of the molecule is C=C(C)CCn1cc(CCCCNC)c2ccccc21. The van der Waals surface area contributed by atoms with Crippen molar-refractivity contribution < 1.29 is 0 Å². The third-order valence-corrected chi connectivity index (χ3v) is 3.77. The third-order valence-electron chi connectivity index (χ3n) is 3.77. The molecule has 0 saturated carbocycles. The van der Waals surface area contributed by atoms with Gasteiger partial charge in [-0.3, -0.25) is 0 Å². The molecule has 2 aromatic rings. The highest BCUT2D eigenvalue weighted by atomic mass is 15.0. The summed E-state index contributed by atoms with van der Waals surface area (Å²) < 4.78 is 2.39. The molecule has 0 amide bonds. The van der Waals surface area contributed by atoms with Gasteiger partial charge in [0.1, 0.15) is 0 Å². The van der Waals surface area contributed by atoms with Gasteiger partial charge in [-0.05, 0) is 57.8 Å². The molecule has 1 aromatic carbocycles. The van der Waals surface area contributed by atoms with Gasteiger partial charge in [0.15, 0.2) is 0 Å². The van der Waals surface area contributed by atoms with E-state index in [-0.39, 0.29) is 0 Å². The van der Waals surface area contributed by atoms with Crippen molar-refractivity contribution in [2.45, 2.75) is 39.2 Å². The molecule has 0 radical (unpaired) electrons. The molecule has 0 atom stereocenters. The van der Waals surface area contributed by atoms with Gasteiger partial charge >= 0.3 is 0 Å². The van der Waals surface area contributed by atoms with Crippen molar-refractivity contribution >= 4 is 10.9 Å². The second-order valence-electron chi connectivity index (χ2n) is 5.63. The Hall–Kier alpha value is -1.54. The second-order valence-corrected chi connectivity index (χ2v) is 5.63. The minimum Gasteiger partial charge on any atom is -0.347 e. The maximum atomic E-state index is 4.01. The number of allylic oxidation sites excluding steroid dienone is 1. The fourth-order valence-electron chi connectivity index (χ4n) is 2.64. The lowest BCUT2D eigenvalue weighted by molar-refractivity contribution is 0.673. The number of hydrogen-bond acceptors (Lipinski definition) is 1. The molecule has 108 valence electrons. The molecule has 0 bridgehead atoms. The molecule has 2 heteroatoms. The predicted molar refractivity (Wildman–Crippen MR) is 88.2 cm³/mol. The van der Waals surface area contributed by atoms with Crippen molar-refractivity contribution in [3.05, 3.63) is 48.2 Å². The van der Waals surface area contributed by atoms with Crippen LogP contribution in [0.25, 0.3) is 10.9 Å². The van der Waals surface area contributed by atoms with Crippen LogP contribution in [-0.2, 0) is 13.0 Å². The van der Waals surface area contributed by atoms with E-state index in [9.17, 15) is 0 Å². The molecule has 1 heterocycles. The van der Waals surface area contributed by atoms with Crippen molar-refractivity contribution in [2.24, 2.45) is 0 Å². The minimum absolute atomic E-state index is 1.03. The van der Waals surface area contributed by atoms with Crippen molar-refractivity contribution in [3.8, 4) is 0 Å². The first-order valence-corrected chi connectivity index (χ1v) is 7.58. The van der Waals surface area contributed by atoms with E-state index >= 15 is 0 Å². The highest BCUT2D eigenvalue weighted by Crippen LogP contribution is 2.23. The lowest BCUT2D eigenvalue weighted by Gasteiger charge is -2.04. The molecule has 0 unspecified atom stereocenters. The van der Waals surface area contributed by atoms with Gasteiger partial charge in [0, 0.05) is 23.6 Å². The Morgan fingerprint density at radius 1 is 1.25 bits per heavy atom. The van der Waals surface area contributed by atoms with Crippen molar-refractivity contribution in [2.75, 3.05) is 13.6 Å². The van der Waals surface area contributed by atoms with Crippen LogP contribution in [0.2, 0.25) is 0 Å². The maximum Gasteiger partial charge on any atom is 0.0483 e. The van der Waals surface area contributed by atoms with E-state index < -0.39 is 0 Å². The molecule has 2 rings (SSSR count). The molecular formula is C18H26N2. The van der Waals surface area contributed by atoms with Crippen molar-refractivity contribution in [3.63, 3.8) is 0 Å². The number of aromatic nitrogens is 1. The first-order chi connectivity index (χ1) is 9.72. The van der Waals surface area contributed by atoms with E-state index in [1.807, 2.05) is 7.05 Å². The van der Waals surface area contributed by atoms with Crippen LogP contribution < -0.4 is 5.32 Å². The number of benzene rings is 1. The zero-order valence-corrected chi connectivity index (χ0v) is 12.8. The monoisotopic (exact) mass is 270 g/mol. The molecule has 2 nitrogen and oxygen atoms in total. The summed E-state index contributed by atoms with van der Waals surface area (Å²) in [7, 11) is 2.02. The van der Waals surface area contributed by atoms with E-state index in [1.165, 1.54) is 41.3 Å². The number of rotatable bonds is 8. The van der Waals surface area contributed by atoms with Crippen LogP contribution in [0.3, 0.4) is 0 Å². The highest BCUT2D eigenvalue weighted by Gasteiger charge is 2.07. The smallest absolute Gasteiger partial charge is 0.0483 e. The van der Waals surface area contributed by atoms with Gasteiger partial charge in [-0.2, -0.15) is 0 Å². The molecule has 0 spiro atoms. The minimum atomic E-state index is 1.03. The van der Waals surface area contributed by atoms with Gasteiger partial charge in [-0.15, -0.1) is 6.58 Å². The summed E-state index contributed by atoms with van der Waals surface area (Å²) in [5.41, 5.74) is 4.09. The fraction of sp³-hybridized carbons (Fsp3) is 0.444. The molecule has 20 heavy (non-hydrogen) atoms. The first kappa shape index (κ1) is 14.9. The number of nitrogens with one attached hydrogen (secondary N) is 1. The normalized spacial score (nSPS) is 11.1. The van der Waals surface area contributed by atoms with E-state index in [0.29, 0.717) is 0 Å². The Morgan fingerprint density at radius 2 is 2.05 bits per heavy atom. The van der Waals surface area contributed by atoms with Crippen LogP contribution in [0.4, 0.5) is 0 Å². The van der Waals surface area contributed by atoms with Crippen molar-refractivity contribution in [1.29, 1.82) is 0 Å². The molecule has 0 fully saturated rings. The van der Waals surface area contributed by atoms with Crippen LogP contribution in [0, 0.1) is 0 Å². The number of fused-ring (bicyclic) bond motifs is 1. The van der Waals surface area contributed by atoms with Crippen LogP contribution in [0.15, 0.2) is 42.6 Å². The van der Waals surface area contributed by atoms with Gasteiger partial charge in [-0.1, -0.05) is 23.8 Å². The van der Waals surface area contributed by atoms with Gasteiger partial charge in [-0.25, -0.2) is 0 Å². The molecule has 1 aromatic heterocycles. The van der Waals surface area contributed by atoms with E-state index in [0.717, 1.165) is 19.5 Å². The topological polar surface area (TPSA) is 17.0 Å². The Balaban J connectivity index is 2.15. The average molecular weight is 270 g/mol. The zero-order valence-electron chi connectivity index (χ0n) is 12.8. The molecular weight excluding hydrogens is 244 g/mol. The first-order valence-electron chi connectivity index (χ1n) is 7.58.